The van der Waals surface area contributed by atoms with E-state index in [4.69, 9.17) is 0 Å². The first-order valence-electron chi connectivity index (χ1n) is 5.83. The van der Waals surface area contributed by atoms with Crippen LogP contribution in [0, 0.1) is 10.5 Å². The first-order chi connectivity index (χ1) is 8.97. The van der Waals surface area contributed by atoms with E-state index in [0.717, 1.165) is 8.45 Å². The molecule has 0 radical (unpaired) electrons. The maximum absolute atomic E-state index is 12.1. The van der Waals surface area contributed by atoms with Gasteiger partial charge in [0.2, 0.25) is 0 Å². The summed E-state index contributed by atoms with van der Waals surface area (Å²) in [5.41, 5.74) is 0.470. The summed E-state index contributed by atoms with van der Waals surface area (Å²) in [5, 5.41) is 12.5. The number of nitrogens with one attached hydrogen (secondary N) is 1. The SMILES string of the molecule is Cc1ccc(C(C)NC(=O)c2ccc(I)c(O)c2)s1. The van der Waals surface area contributed by atoms with Crippen molar-refractivity contribution in [2.45, 2.75) is 19.9 Å². The average Bonchev–Trinajstić information content (AvgIpc) is 2.79. The molecule has 3 nitrogen and oxygen atoms in total. The van der Waals surface area contributed by atoms with Gasteiger partial charge in [-0.2, -0.15) is 0 Å². The van der Waals surface area contributed by atoms with Gasteiger partial charge < -0.3 is 10.4 Å². The molecule has 0 fully saturated rings. The quantitative estimate of drug-likeness (QED) is 0.786. The number of hydrogen-bond donors (Lipinski definition) is 2. The summed E-state index contributed by atoms with van der Waals surface area (Å²) in [6.07, 6.45) is 0. The van der Waals surface area contributed by atoms with E-state index in [9.17, 15) is 9.90 Å². The fourth-order valence-corrected chi connectivity index (χ4v) is 2.91. The second-order valence-corrected chi connectivity index (χ2v) is 6.79. The highest BCUT2D eigenvalue weighted by molar-refractivity contribution is 14.1. The van der Waals surface area contributed by atoms with Crippen LogP contribution in [0.5, 0.6) is 5.75 Å². The summed E-state index contributed by atoms with van der Waals surface area (Å²) < 4.78 is 0.732. The molecule has 1 heterocycles. The van der Waals surface area contributed by atoms with E-state index in [2.05, 4.69) is 5.32 Å². The van der Waals surface area contributed by atoms with Crippen molar-refractivity contribution in [1.82, 2.24) is 5.32 Å². The molecule has 100 valence electrons. The molecule has 0 aliphatic carbocycles. The minimum Gasteiger partial charge on any atom is -0.507 e. The molecular formula is C14H14INO2S. The van der Waals surface area contributed by atoms with Gasteiger partial charge in [0.1, 0.15) is 5.75 Å². The van der Waals surface area contributed by atoms with Gasteiger partial charge in [0, 0.05) is 15.3 Å². The average molecular weight is 387 g/mol. The highest BCUT2D eigenvalue weighted by atomic mass is 127. The summed E-state index contributed by atoms with van der Waals surface area (Å²) in [6, 6.07) is 8.96. The van der Waals surface area contributed by atoms with Gasteiger partial charge in [0.25, 0.3) is 5.91 Å². The lowest BCUT2D eigenvalue weighted by atomic mass is 10.2. The van der Waals surface area contributed by atoms with E-state index in [1.807, 2.05) is 48.6 Å². The van der Waals surface area contributed by atoms with E-state index >= 15 is 0 Å². The third-order valence-electron chi connectivity index (χ3n) is 2.74. The second-order valence-electron chi connectivity index (χ2n) is 4.31. The number of phenols is 1. The third-order valence-corrected chi connectivity index (χ3v) is 4.84. The summed E-state index contributed by atoms with van der Waals surface area (Å²) in [4.78, 5) is 14.4. The van der Waals surface area contributed by atoms with Crippen LogP contribution in [-0.4, -0.2) is 11.0 Å². The molecule has 1 aromatic heterocycles. The number of thiophene rings is 1. The second kappa shape index (κ2) is 5.92. The number of carbonyl (C=O) groups is 1. The molecule has 1 atom stereocenters. The number of hydrogen-bond acceptors (Lipinski definition) is 3. The minimum absolute atomic E-state index is 0.0346. The van der Waals surface area contributed by atoms with E-state index in [-0.39, 0.29) is 17.7 Å². The van der Waals surface area contributed by atoms with Crippen molar-refractivity contribution in [2.75, 3.05) is 0 Å². The summed E-state index contributed by atoms with van der Waals surface area (Å²) in [6.45, 7) is 4.00. The Bertz CT molecular complexity index is 609. The Hall–Kier alpha value is -1.08. The molecule has 1 amide bonds. The zero-order valence-electron chi connectivity index (χ0n) is 10.6. The van der Waals surface area contributed by atoms with Crippen LogP contribution in [-0.2, 0) is 0 Å². The lowest BCUT2D eigenvalue weighted by Gasteiger charge is -2.12. The van der Waals surface area contributed by atoms with Crippen LogP contribution in [0.25, 0.3) is 0 Å². The van der Waals surface area contributed by atoms with E-state index < -0.39 is 0 Å². The van der Waals surface area contributed by atoms with Crippen LogP contribution in [0.2, 0.25) is 0 Å². The molecule has 1 unspecified atom stereocenters. The molecule has 0 saturated carbocycles. The van der Waals surface area contributed by atoms with Crippen molar-refractivity contribution >= 4 is 39.8 Å². The molecule has 2 rings (SSSR count). The van der Waals surface area contributed by atoms with Gasteiger partial charge in [-0.15, -0.1) is 11.3 Å². The number of benzene rings is 1. The Morgan fingerprint density at radius 3 is 2.68 bits per heavy atom. The van der Waals surface area contributed by atoms with Crippen molar-refractivity contribution in [3.63, 3.8) is 0 Å². The lowest BCUT2D eigenvalue weighted by molar-refractivity contribution is 0.0940. The van der Waals surface area contributed by atoms with Crippen molar-refractivity contribution in [3.8, 4) is 5.75 Å². The smallest absolute Gasteiger partial charge is 0.251 e. The Balaban J connectivity index is 2.10. The van der Waals surface area contributed by atoms with Gasteiger partial charge in [-0.1, -0.05) is 0 Å². The Morgan fingerprint density at radius 2 is 2.11 bits per heavy atom. The molecule has 1 aromatic carbocycles. The molecule has 19 heavy (non-hydrogen) atoms. The topological polar surface area (TPSA) is 49.3 Å². The van der Waals surface area contributed by atoms with Crippen LogP contribution in [0.1, 0.15) is 33.1 Å². The van der Waals surface area contributed by atoms with Crippen LogP contribution >= 0.6 is 33.9 Å². The van der Waals surface area contributed by atoms with E-state index in [1.54, 1.807) is 23.5 Å². The van der Waals surface area contributed by atoms with Crippen molar-refractivity contribution < 1.29 is 9.90 Å². The fourth-order valence-electron chi connectivity index (χ4n) is 1.69. The molecule has 0 spiro atoms. The van der Waals surface area contributed by atoms with Gasteiger partial charge >= 0.3 is 0 Å². The Morgan fingerprint density at radius 1 is 1.37 bits per heavy atom. The van der Waals surface area contributed by atoms with E-state index in [0.29, 0.717) is 5.56 Å². The molecule has 0 aliphatic rings. The van der Waals surface area contributed by atoms with Gasteiger partial charge in [0.05, 0.1) is 9.61 Å². The number of amides is 1. The summed E-state index contributed by atoms with van der Waals surface area (Å²) in [5.74, 6) is -0.0434. The van der Waals surface area contributed by atoms with Gasteiger partial charge in [-0.25, -0.2) is 0 Å². The summed E-state index contributed by atoms with van der Waals surface area (Å²) >= 11 is 3.70. The van der Waals surface area contributed by atoms with Gasteiger partial charge in [0.15, 0.2) is 0 Å². The predicted molar refractivity (Wildman–Crippen MR) is 85.8 cm³/mol. The number of carbonyl (C=O) groups excluding carboxylic acids is 1. The van der Waals surface area contributed by atoms with Crippen LogP contribution < -0.4 is 5.32 Å². The van der Waals surface area contributed by atoms with Gasteiger partial charge in [-0.05, 0) is 66.8 Å². The molecule has 2 N–H and O–H groups in total. The van der Waals surface area contributed by atoms with E-state index in [1.165, 1.54) is 10.9 Å². The standard InChI is InChI=1S/C14H14INO2S/c1-8-3-6-13(19-8)9(2)16-14(18)10-4-5-11(15)12(17)7-10/h3-7,9,17H,1-2H3,(H,16,18). The first kappa shape index (κ1) is 14.3. The van der Waals surface area contributed by atoms with Gasteiger partial charge in [-0.3, -0.25) is 4.79 Å². The zero-order valence-corrected chi connectivity index (χ0v) is 13.6. The summed E-state index contributed by atoms with van der Waals surface area (Å²) in [7, 11) is 0. The normalized spacial score (nSPS) is 12.2. The lowest BCUT2D eigenvalue weighted by Crippen LogP contribution is -2.26. The minimum atomic E-state index is -0.176. The molecular weight excluding hydrogens is 373 g/mol. The number of halogens is 1. The van der Waals surface area contributed by atoms with Crippen LogP contribution in [0.15, 0.2) is 30.3 Å². The maximum atomic E-state index is 12.1. The number of aryl methyl sites for hydroxylation is 1. The van der Waals surface area contributed by atoms with Crippen molar-refractivity contribution in [1.29, 1.82) is 0 Å². The zero-order chi connectivity index (χ0) is 14.0. The predicted octanol–water partition coefficient (Wildman–Crippen LogP) is 3.86. The highest BCUT2D eigenvalue weighted by Gasteiger charge is 2.13. The molecule has 0 bridgehead atoms. The molecule has 5 heteroatoms. The largest absolute Gasteiger partial charge is 0.507 e. The number of aromatic hydroxyl groups is 1. The molecule has 0 aliphatic heterocycles. The Kier molecular flexibility index (Phi) is 4.46. The fraction of sp³-hybridized carbons (Fsp3) is 0.214. The third kappa shape index (κ3) is 3.48. The molecule has 2 aromatic rings. The highest BCUT2D eigenvalue weighted by Crippen LogP contribution is 2.24. The number of phenolic OH excluding ortho intramolecular Hbond substituents is 1. The Labute approximate surface area is 129 Å². The first-order valence-corrected chi connectivity index (χ1v) is 7.72. The van der Waals surface area contributed by atoms with Crippen LogP contribution in [0.3, 0.4) is 0 Å². The number of rotatable bonds is 3. The molecule has 0 saturated heterocycles. The van der Waals surface area contributed by atoms with Crippen LogP contribution in [0.4, 0.5) is 0 Å². The van der Waals surface area contributed by atoms with Crippen molar-refractivity contribution in [3.05, 3.63) is 49.2 Å². The maximum Gasteiger partial charge on any atom is 0.251 e. The van der Waals surface area contributed by atoms with Crippen molar-refractivity contribution in [2.24, 2.45) is 0 Å². The monoisotopic (exact) mass is 387 g/mol.